The van der Waals surface area contributed by atoms with Crippen LogP contribution in [0.3, 0.4) is 0 Å². The molecular formula is C15H18ClN3O. The summed E-state index contributed by atoms with van der Waals surface area (Å²) in [4.78, 5) is 4.19. The van der Waals surface area contributed by atoms with E-state index >= 15 is 0 Å². The highest BCUT2D eigenvalue weighted by Crippen LogP contribution is 2.21. The van der Waals surface area contributed by atoms with Crippen molar-refractivity contribution in [3.8, 4) is 5.75 Å². The Bertz CT molecular complexity index is 545. The Morgan fingerprint density at radius 2 is 2.05 bits per heavy atom. The van der Waals surface area contributed by atoms with E-state index in [0.717, 1.165) is 28.3 Å². The first-order valence-corrected chi connectivity index (χ1v) is 6.89. The van der Waals surface area contributed by atoms with Crippen LogP contribution in [0.15, 0.2) is 42.7 Å². The second-order valence-electron chi connectivity index (χ2n) is 4.44. The van der Waals surface area contributed by atoms with Gasteiger partial charge >= 0.3 is 0 Å². The smallest absolute Gasteiger partial charge is 0.137 e. The molecule has 1 aromatic carbocycles. The van der Waals surface area contributed by atoms with Gasteiger partial charge in [-0.15, -0.1) is 0 Å². The van der Waals surface area contributed by atoms with Crippen LogP contribution in [0.2, 0.25) is 5.02 Å². The Hall–Kier alpha value is -1.62. The summed E-state index contributed by atoms with van der Waals surface area (Å²) >= 11 is 5.89. The molecule has 0 radical (unpaired) electrons. The maximum Gasteiger partial charge on any atom is 0.137 e. The molecular weight excluding hydrogens is 274 g/mol. The van der Waals surface area contributed by atoms with Gasteiger partial charge in [-0.2, -0.15) is 0 Å². The van der Waals surface area contributed by atoms with E-state index in [2.05, 4.69) is 10.4 Å². The average molecular weight is 292 g/mol. The molecule has 1 unspecified atom stereocenters. The van der Waals surface area contributed by atoms with Gasteiger partial charge in [0.2, 0.25) is 0 Å². The van der Waals surface area contributed by atoms with E-state index in [9.17, 15) is 0 Å². The quantitative estimate of drug-likeness (QED) is 0.635. The molecule has 2 rings (SSSR count). The van der Waals surface area contributed by atoms with Gasteiger partial charge in [-0.3, -0.25) is 16.3 Å². The van der Waals surface area contributed by atoms with Gasteiger partial charge in [-0.05, 0) is 42.7 Å². The van der Waals surface area contributed by atoms with Crippen LogP contribution in [0.5, 0.6) is 5.75 Å². The standard InChI is InChI=1S/C15H18ClN3O/c1-2-20-14-8-12(9-18-10-14)15(19-17)7-11-3-5-13(16)6-4-11/h3-6,8-10,15,19H,2,7,17H2,1H3. The van der Waals surface area contributed by atoms with E-state index < -0.39 is 0 Å². The van der Waals surface area contributed by atoms with Crippen molar-refractivity contribution in [2.75, 3.05) is 6.61 Å². The van der Waals surface area contributed by atoms with Crippen molar-refractivity contribution in [1.82, 2.24) is 10.4 Å². The third-order valence-electron chi connectivity index (χ3n) is 3.00. The van der Waals surface area contributed by atoms with Gasteiger partial charge < -0.3 is 4.74 Å². The second-order valence-corrected chi connectivity index (χ2v) is 4.87. The molecule has 3 N–H and O–H groups in total. The predicted octanol–water partition coefficient (Wildman–Crippen LogP) is 2.88. The molecule has 0 aliphatic rings. The maximum atomic E-state index is 5.89. The molecule has 1 heterocycles. The Morgan fingerprint density at radius 1 is 1.30 bits per heavy atom. The predicted molar refractivity (Wildman–Crippen MR) is 80.6 cm³/mol. The van der Waals surface area contributed by atoms with E-state index in [1.54, 1.807) is 12.4 Å². The van der Waals surface area contributed by atoms with Gasteiger partial charge in [0.25, 0.3) is 0 Å². The summed E-state index contributed by atoms with van der Waals surface area (Å²) in [6.07, 6.45) is 4.25. The first kappa shape index (κ1) is 14.8. The third-order valence-corrected chi connectivity index (χ3v) is 3.25. The number of ether oxygens (including phenoxy) is 1. The minimum atomic E-state index is -0.0240. The monoisotopic (exact) mass is 291 g/mol. The van der Waals surface area contributed by atoms with Crippen LogP contribution in [-0.4, -0.2) is 11.6 Å². The summed E-state index contributed by atoms with van der Waals surface area (Å²) in [6.45, 7) is 2.56. The number of hydrogen-bond donors (Lipinski definition) is 2. The van der Waals surface area contributed by atoms with Gasteiger partial charge in [0.15, 0.2) is 0 Å². The van der Waals surface area contributed by atoms with Crippen molar-refractivity contribution >= 4 is 11.6 Å². The fourth-order valence-electron chi connectivity index (χ4n) is 2.00. The Morgan fingerprint density at radius 3 is 2.70 bits per heavy atom. The summed E-state index contributed by atoms with van der Waals surface area (Å²) in [5.74, 6) is 6.41. The molecule has 0 bridgehead atoms. The number of nitrogens with one attached hydrogen (secondary N) is 1. The number of nitrogens with two attached hydrogens (primary N) is 1. The Labute approximate surface area is 123 Å². The molecule has 5 heteroatoms. The average Bonchev–Trinajstić information content (AvgIpc) is 2.47. The molecule has 0 spiro atoms. The largest absolute Gasteiger partial charge is 0.492 e. The molecule has 0 saturated heterocycles. The number of nitrogens with zero attached hydrogens (tertiary/aromatic N) is 1. The topological polar surface area (TPSA) is 60.2 Å². The molecule has 2 aromatic rings. The van der Waals surface area contributed by atoms with Crippen molar-refractivity contribution < 1.29 is 4.74 Å². The molecule has 106 valence electrons. The zero-order chi connectivity index (χ0) is 14.4. The van der Waals surface area contributed by atoms with Crippen LogP contribution >= 0.6 is 11.6 Å². The van der Waals surface area contributed by atoms with Crippen LogP contribution in [0.1, 0.15) is 24.1 Å². The maximum absolute atomic E-state index is 5.89. The molecule has 20 heavy (non-hydrogen) atoms. The van der Waals surface area contributed by atoms with Gasteiger partial charge in [0, 0.05) is 11.2 Å². The van der Waals surface area contributed by atoms with Crippen LogP contribution in [-0.2, 0) is 6.42 Å². The molecule has 0 aliphatic heterocycles. The number of benzene rings is 1. The van der Waals surface area contributed by atoms with Crippen molar-refractivity contribution in [3.63, 3.8) is 0 Å². The number of hydrogen-bond acceptors (Lipinski definition) is 4. The Balaban J connectivity index is 2.15. The van der Waals surface area contributed by atoms with Crippen molar-refractivity contribution in [2.45, 2.75) is 19.4 Å². The SMILES string of the molecule is CCOc1cncc(C(Cc2ccc(Cl)cc2)NN)c1. The lowest BCUT2D eigenvalue weighted by Crippen LogP contribution is -2.29. The van der Waals surface area contributed by atoms with E-state index in [-0.39, 0.29) is 6.04 Å². The molecule has 0 amide bonds. The van der Waals surface area contributed by atoms with Gasteiger partial charge in [-0.1, -0.05) is 23.7 Å². The van der Waals surface area contributed by atoms with Gasteiger partial charge in [0.1, 0.15) is 5.75 Å². The van der Waals surface area contributed by atoms with Crippen LogP contribution in [0.25, 0.3) is 0 Å². The van der Waals surface area contributed by atoms with Crippen LogP contribution in [0.4, 0.5) is 0 Å². The van der Waals surface area contributed by atoms with Crippen molar-refractivity contribution in [3.05, 3.63) is 58.9 Å². The number of hydrazine groups is 1. The molecule has 1 atom stereocenters. The molecule has 4 nitrogen and oxygen atoms in total. The normalized spacial score (nSPS) is 12.2. The lowest BCUT2D eigenvalue weighted by molar-refractivity contribution is 0.338. The van der Waals surface area contributed by atoms with Crippen molar-refractivity contribution in [2.24, 2.45) is 5.84 Å². The summed E-state index contributed by atoms with van der Waals surface area (Å²) < 4.78 is 5.46. The molecule has 0 fully saturated rings. The van der Waals surface area contributed by atoms with Gasteiger partial charge in [-0.25, -0.2) is 0 Å². The molecule has 0 saturated carbocycles. The summed E-state index contributed by atoms with van der Waals surface area (Å²) in [5.41, 5.74) is 4.97. The van der Waals surface area contributed by atoms with E-state index in [0.29, 0.717) is 6.61 Å². The fourth-order valence-corrected chi connectivity index (χ4v) is 2.13. The van der Waals surface area contributed by atoms with Crippen LogP contribution in [0, 0.1) is 0 Å². The number of halogens is 1. The third kappa shape index (κ3) is 3.93. The lowest BCUT2D eigenvalue weighted by Gasteiger charge is -2.17. The van der Waals surface area contributed by atoms with Gasteiger partial charge in [0.05, 0.1) is 18.8 Å². The fraction of sp³-hybridized carbons (Fsp3) is 0.267. The van der Waals surface area contributed by atoms with Crippen LogP contribution < -0.4 is 16.0 Å². The minimum absolute atomic E-state index is 0.0240. The number of pyridine rings is 1. The van der Waals surface area contributed by atoms with E-state index in [4.69, 9.17) is 22.2 Å². The second kappa shape index (κ2) is 7.24. The lowest BCUT2D eigenvalue weighted by atomic mass is 10.0. The highest BCUT2D eigenvalue weighted by molar-refractivity contribution is 6.30. The molecule has 1 aromatic heterocycles. The van der Waals surface area contributed by atoms with E-state index in [1.807, 2.05) is 37.3 Å². The Kier molecular flexibility index (Phi) is 5.35. The number of rotatable bonds is 6. The highest BCUT2D eigenvalue weighted by Gasteiger charge is 2.12. The molecule has 0 aliphatic carbocycles. The summed E-state index contributed by atoms with van der Waals surface area (Å²) in [7, 11) is 0. The van der Waals surface area contributed by atoms with Crippen molar-refractivity contribution in [1.29, 1.82) is 0 Å². The first-order chi connectivity index (χ1) is 9.72. The highest BCUT2D eigenvalue weighted by atomic mass is 35.5. The zero-order valence-electron chi connectivity index (χ0n) is 11.3. The van der Waals surface area contributed by atoms with E-state index in [1.165, 1.54) is 0 Å². The first-order valence-electron chi connectivity index (χ1n) is 6.51. The zero-order valence-corrected chi connectivity index (χ0v) is 12.1. The number of aromatic nitrogens is 1. The summed E-state index contributed by atoms with van der Waals surface area (Å²) in [6, 6.07) is 9.67. The summed E-state index contributed by atoms with van der Waals surface area (Å²) in [5, 5.41) is 0.728. The minimum Gasteiger partial charge on any atom is -0.492 e.